The number of fused-ring (bicyclic) bond motifs is 1. The van der Waals surface area contributed by atoms with Gasteiger partial charge in [0.25, 0.3) is 0 Å². The van der Waals surface area contributed by atoms with Crippen molar-refractivity contribution in [1.82, 2.24) is 9.80 Å². The maximum atomic E-state index is 13.3. The van der Waals surface area contributed by atoms with Crippen molar-refractivity contribution in [2.75, 3.05) is 13.3 Å². The highest BCUT2D eigenvalue weighted by molar-refractivity contribution is 7.09. The summed E-state index contributed by atoms with van der Waals surface area (Å²) in [6, 6.07) is 9.71. The largest absolute Gasteiger partial charge is 0.454 e. The summed E-state index contributed by atoms with van der Waals surface area (Å²) in [6.45, 7) is 9.19. The molecule has 0 unspecified atom stereocenters. The van der Waals surface area contributed by atoms with Crippen LogP contribution in [0, 0.1) is 5.92 Å². The van der Waals surface area contributed by atoms with Crippen LogP contribution in [0.5, 0.6) is 11.5 Å². The molecule has 0 saturated heterocycles. The zero-order valence-corrected chi connectivity index (χ0v) is 18.9. The standard InChI is InChI=1S/C23H30N2O4S/c1-16(2)10-22(26)25(17(3)4)14-23(27)24(13-19-6-5-9-30-19)12-18-7-8-20-21(11-18)29-15-28-20/h5-9,11,16-17H,10,12-15H2,1-4H3. The van der Waals surface area contributed by atoms with Gasteiger partial charge in [-0.25, -0.2) is 0 Å². The number of rotatable bonds is 9. The van der Waals surface area contributed by atoms with Crippen molar-refractivity contribution < 1.29 is 19.1 Å². The van der Waals surface area contributed by atoms with E-state index in [0.29, 0.717) is 25.3 Å². The summed E-state index contributed by atoms with van der Waals surface area (Å²) in [7, 11) is 0. The fourth-order valence-corrected chi connectivity index (χ4v) is 4.07. The van der Waals surface area contributed by atoms with E-state index in [4.69, 9.17) is 9.47 Å². The quantitative estimate of drug-likeness (QED) is 0.596. The van der Waals surface area contributed by atoms with E-state index in [0.717, 1.165) is 16.2 Å². The highest BCUT2D eigenvalue weighted by Crippen LogP contribution is 2.33. The molecule has 0 saturated carbocycles. The number of thiophene rings is 1. The van der Waals surface area contributed by atoms with Gasteiger partial charge in [0.2, 0.25) is 18.6 Å². The van der Waals surface area contributed by atoms with Crippen LogP contribution in [0.3, 0.4) is 0 Å². The van der Waals surface area contributed by atoms with E-state index in [1.165, 1.54) is 0 Å². The predicted octanol–water partition coefficient (Wildman–Crippen LogP) is 4.29. The van der Waals surface area contributed by atoms with E-state index in [9.17, 15) is 9.59 Å². The fraction of sp³-hybridized carbons (Fsp3) is 0.478. The van der Waals surface area contributed by atoms with Gasteiger partial charge in [-0.3, -0.25) is 9.59 Å². The lowest BCUT2D eigenvalue weighted by molar-refractivity contribution is -0.143. The number of amides is 2. The monoisotopic (exact) mass is 430 g/mol. The van der Waals surface area contributed by atoms with Crippen LogP contribution in [-0.4, -0.2) is 41.0 Å². The Kier molecular flexibility index (Phi) is 7.37. The number of ether oxygens (including phenoxy) is 2. The molecular formula is C23H30N2O4S. The Hall–Kier alpha value is -2.54. The minimum absolute atomic E-state index is 0.0208. The van der Waals surface area contributed by atoms with E-state index in [-0.39, 0.29) is 37.1 Å². The number of hydrogen-bond acceptors (Lipinski definition) is 5. The van der Waals surface area contributed by atoms with E-state index in [2.05, 4.69) is 0 Å². The van der Waals surface area contributed by atoms with Gasteiger partial charge in [-0.2, -0.15) is 0 Å². The summed E-state index contributed by atoms with van der Waals surface area (Å²) < 4.78 is 10.9. The second-order valence-electron chi connectivity index (χ2n) is 8.23. The van der Waals surface area contributed by atoms with Crippen LogP contribution < -0.4 is 9.47 Å². The van der Waals surface area contributed by atoms with Crippen molar-refractivity contribution >= 4 is 23.2 Å². The summed E-state index contributed by atoms with van der Waals surface area (Å²) in [5.41, 5.74) is 0.966. The Morgan fingerprint density at radius 1 is 1.03 bits per heavy atom. The van der Waals surface area contributed by atoms with Crippen molar-refractivity contribution in [3.05, 3.63) is 46.2 Å². The molecule has 0 atom stereocenters. The Morgan fingerprint density at radius 3 is 2.47 bits per heavy atom. The molecule has 7 heteroatoms. The van der Waals surface area contributed by atoms with Crippen LogP contribution in [-0.2, 0) is 22.7 Å². The molecule has 6 nitrogen and oxygen atoms in total. The molecule has 0 aliphatic carbocycles. The molecule has 0 bridgehead atoms. The zero-order valence-electron chi connectivity index (χ0n) is 18.1. The molecule has 1 aliphatic rings. The van der Waals surface area contributed by atoms with Crippen LogP contribution in [0.2, 0.25) is 0 Å². The number of hydrogen-bond donors (Lipinski definition) is 0. The first-order chi connectivity index (χ1) is 14.3. The lowest BCUT2D eigenvalue weighted by Crippen LogP contribution is -2.45. The number of benzene rings is 1. The molecule has 0 N–H and O–H groups in total. The van der Waals surface area contributed by atoms with Crippen molar-refractivity contribution in [3.63, 3.8) is 0 Å². The summed E-state index contributed by atoms with van der Waals surface area (Å²) in [4.78, 5) is 30.6. The van der Waals surface area contributed by atoms with Gasteiger partial charge >= 0.3 is 0 Å². The van der Waals surface area contributed by atoms with Gasteiger partial charge in [0.15, 0.2) is 11.5 Å². The average Bonchev–Trinajstić information content (AvgIpc) is 3.35. The molecule has 162 valence electrons. The maximum Gasteiger partial charge on any atom is 0.242 e. The predicted molar refractivity (Wildman–Crippen MR) is 117 cm³/mol. The van der Waals surface area contributed by atoms with E-state index >= 15 is 0 Å². The summed E-state index contributed by atoms with van der Waals surface area (Å²) in [5, 5.41) is 2.01. The summed E-state index contributed by atoms with van der Waals surface area (Å²) in [6.07, 6.45) is 0.443. The average molecular weight is 431 g/mol. The van der Waals surface area contributed by atoms with Gasteiger partial charge in [0.05, 0.1) is 13.1 Å². The number of carbonyl (C=O) groups excluding carboxylic acids is 2. The van der Waals surface area contributed by atoms with E-state index in [1.54, 1.807) is 21.1 Å². The van der Waals surface area contributed by atoms with Gasteiger partial charge in [-0.05, 0) is 48.9 Å². The van der Waals surface area contributed by atoms with Crippen LogP contribution >= 0.6 is 11.3 Å². The second kappa shape index (κ2) is 9.98. The molecule has 0 fully saturated rings. The highest BCUT2D eigenvalue weighted by atomic mass is 32.1. The first kappa shape index (κ1) is 22.2. The van der Waals surface area contributed by atoms with Crippen molar-refractivity contribution in [3.8, 4) is 11.5 Å². The van der Waals surface area contributed by atoms with Crippen molar-refractivity contribution in [1.29, 1.82) is 0 Å². The third-order valence-electron chi connectivity index (χ3n) is 4.92. The third kappa shape index (κ3) is 5.75. The van der Waals surface area contributed by atoms with E-state index in [1.807, 2.05) is 63.4 Å². The van der Waals surface area contributed by atoms with Gasteiger partial charge in [0.1, 0.15) is 0 Å². The Bertz CT molecular complexity index is 864. The Labute approximate surface area is 182 Å². The molecule has 0 spiro atoms. The molecule has 3 rings (SSSR count). The maximum absolute atomic E-state index is 13.3. The molecular weight excluding hydrogens is 400 g/mol. The lowest BCUT2D eigenvalue weighted by atomic mass is 10.1. The van der Waals surface area contributed by atoms with Gasteiger partial charge in [0, 0.05) is 23.9 Å². The lowest BCUT2D eigenvalue weighted by Gasteiger charge is -2.30. The fourth-order valence-electron chi connectivity index (χ4n) is 3.35. The summed E-state index contributed by atoms with van der Waals surface area (Å²) >= 11 is 1.62. The van der Waals surface area contributed by atoms with Gasteiger partial charge in [-0.15, -0.1) is 11.3 Å². The topological polar surface area (TPSA) is 59.1 Å². The minimum Gasteiger partial charge on any atom is -0.454 e. The van der Waals surface area contributed by atoms with E-state index < -0.39 is 0 Å². The minimum atomic E-state index is -0.0631. The zero-order chi connectivity index (χ0) is 21.7. The van der Waals surface area contributed by atoms with Crippen LogP contribution in [0.15, 0.2) is 35.7 Å². The third-order valence-corrected chi connectivity index (χ3v) is 5.78. The molecule has 0 radical (unpaired) electrons. The Morgan fingerprint density at radius 2 is 1.80 bits per heavy atom. The van der Waals surface area contributed by atoms with Crippen molar-refractivity contribution in [2.45, 2.75) is 53.2 Å². The molecule has 2 amide bonds. The molecule has 1 aromatic carbocycles. The highest BCUT2D eigenvalue weighted by Gasteiger charge is 2.25. The summed E-state index contributed by atoms with van der Waals surface area (Å²) in [5.74, 6) is 1.64. The number of carbonyl (C=O) groups is 2. The van der Waals surface area contributed by atoms with Crippen molar-refractivity contribution in [2.24, 2.45) is 5.92 Å². The molecule has 30 heavy (non-hydrogen) atoms. The first-order valence-corrected chi connectivity index (χ1v) is 11.2. The Balaban J connectivity index is 1.76. The first-order valence-electron chi connectivity index (χ1n) is 10.3. The van der Waals surface area contributed by atoms with Gasteiger partial charge in [-0.1, -0.05) is 26.0 Å². The second-order valence-corrected chi connectivity index (χ2v) is 9.26. The van der Waals surface area contributed by atoms with Gasteiger partial charge < -0.3 is 19.3 Å². The van der Waals surface area contributed by atoms with Crippen LogP contribution in [0.4, 0.5) is 0 Å². The number of nitrogens with zero attached hydrogens (tertiary/aromatic N) is 2. The van der Waals surface area contributed by atoms with Crippen LogP contribution in [0.25, 0.3) is 0 Å². The normalized spacial score (nSPS) is 12.5. The van der Waals surface area contributed by atoms with Crippen LogP contribution in [0.1, 0.15) is 44.6 Å². The molecule has 2 heterocycles. The SMILES string of the molecule is CC(C)CC(=O)N(CC(=O)N(Cc1ccc2c(c1)OCO2)Cc1cccs1)C(C)C. The smallest absolute Gasteiger partial charge is 0.242 e. The molecule has 1 aliphatic heterocycles. The molecule has 1 aromatic heterocycles. The molecule has 2 aromatic rings.